The number of aryl methyl sites for hydroxylation is 1. The normalized spacial score (nSPS) is 11.2. The van der Waals surface area contributed by atoms with E-state index in [0.29, 0.717) is 5.56 Å². The fourth-order valence-corrected chi connectivity index (χ4v) is 2.48. The number of halogens is 1. The molecule has 2 rings (SSSR count). The monoisotopic (exact) mass is 325 g/mol. The van der Waals surface area contributed by atoms with Crippen LogP contribution in [0, 0.1) is 6.92 Å². The summed E-state index contributed by atoms with van der Waals surface area (Å²) >= 11 is 5.95. The van der Waals surface area contributed by atoms with Gasteiger partial charge >= 0.3 is 0 Å². The third kappa shape index (κ3) is 3.78. The molecule has 1 amide bonds. The Labute approximate surface area is 127 Å². The van der Waals surface area contributed by atoms with Crippen LogP contribution in [0.3, 0.4) is 0 Å². The molecule has 0 saturated heterocycles. The molecule has 0 fully saturated rings. The Morgan fingerprint density at radius 3 is 2.57 bits per heavy atom. The fourth-order valence-electron chi connectivity index (χ4n) is 1.65. The van der Waals surface area contributed by atoms with Gasteiger partial charge in [-0.15, -0.1) is 0 Å². The third-order valence-electron chi connectivity index (χ3n) is 2.65. The summed E-state index contributed by atoms with van der Waals surface area (Å²) in [4.78, 5) is 15.9. The van der Waals surface area contributed by atoms with E-state index in [0.717, 1.165) is 5.56 Å². The number of carbonyl (C=O) groups excluding carboxylic acids is 1. The lowest BCUT2D eigenvalue weighted by atomic mass is 10.2. The summed E-state index contributed by atoms with van der Waals surface area (Å²) in [7, 11) is -3.84. The van der Waals surface area contributed by atoms with Crippen molar-refractivity contribution >= 4 is 33.2 Å². The van der Waals surface area contributed by atoms with E-state index in [9.17, 15) is 13.2 Å². The van der Waals surface area contributed by atoms with E-state index in [2.05, 4.69) is 10.3 Å². The summed E-state index contributed by atoms with van der Waals surface area (Å²) in [5.41, 5.74) is 1.51. The van der Waals surface area contributed by atoms with Crippen LogP contribution in [0.15, 0.2) is 41.6 Å². The van der Waals surface area contributed by atoms with Crippen molar-refractivity contribution in [1.29, 1.82) is 0 Å². The van der Waals surface area contributed by atoms with Gasteiger partial charge < -0.3 is 5.32 Å². The molecule has 0 aliphatic heterocycles. The summed E-state index contributed by atoms with van der Waals surface area (Å²) in [6.07, 6.45) is 3.06. The molecule has 0 aliphatic carbocycles. The first-order valence-electron chi connectivity index (χ1n) is 5.83. The predicted octanol–water partition coefficient (Wildman–Crippen LogP) is 1.94. The molecular formula is C13H12ClN3O3S. The Kier molecular flexibility index (Phi) is 4.26. The van der Waals surface area contributed by atoms with E-state index in [4.69, 9.17) is 16.7 Å². The first kappa shape index (κ1) is 15.4. The predicted molar refractivity (Wildman–Crippen MR) is 79.8 cm³/mol. The van der Waals surface area contributed by atoms with E-state index in [-0.39, 0.29) is 15.6 Å². The molecule has 0 radical (unpaired) electrons. The number of aromatic nitrogens is 1. The Hall–Kier alpha value is -1.96. The average molecular weight is 326 g/mol. The Morgan fingerprint density at radius 2 is 2.00 bits per heavy atom. The van der Waals surface area contributed by atoms with Crippen LogP contribution in [-0.2, 0) is 10.0 Å². The zero-order valence-corrected chi connectivity index (χ0v) is 12.6. The molecule has 8 heteroatoms. The van der Waals surface area contributed by atoms with E-state index < -0.39 is 15.9 Å². The number of hydrogen-bond donors (Lipinski definition) is 2. The SMILES string of the molecule is Cc1cncc(C(=O)Nc2ccc(S(N)(=O)=O)cc2Cl)c1. The van der Waals surface area contributed by atoms with E-state index in [1.807, 2.05) is 6.92 Å². The zero-order chi connectivity index (χ0) is 15.6. The fraction of sp³-hybridized carbons (Fsp3) is 0.0769. The van der Waals surface area contributed by atoms with Crippen LogP contribution < -0.4 is 10.5 Å². The van der Waals surface area contributed by atoms with Gasteiger partial charge in [-0.3, -0.25) is 9.78 Å². The highest BCUT2D eigenvalue weighted by Gasteiger charge is 2.13. The van der Waals surface area contributed by atoms with Gasteiger partial charge in [0.05, 0.1) is 21.2 Å². The molecular weight excluding hydrogens is 314 g/mol. The maximum Gasteiger partial charge on any atom is 0.257 e. The third-order valence-corrected chi connectivity index (χ3v) is 3.88. The summed E-state index contributed by atoms with van der Waals surface area (Å²) in [5, 5.41) is 7.67. The molecule has 1 aromatic carbocycles. The lowest BCUT2D eigenvalue weighted by molar-refractivity contribution is 0.102. The Morgan fingerprint density at radius 1 is 1.29 bits per heavy atom. The van der Waals surface area contributed by atoms with Crippen LogP contribution in [0.25, 0.3) is 0 Å². The highest BCUT2D eigenvalue weighted by Crippen LogP contribution is 2.25. The second kappa shape index (κ2) is 5.80. The van der Waals surface area contributed by atoms with Crippen molar-refractivity contribution in [2.75, 3.05) is 5.32 Å². The van der Waals surface area contributed by atoms with Crippen molar-refractivity contribution in [3.63, 3.8) is 0 Å². The number of nitrogens with one attached hydrogen (secondary N) is 1. The average Bonchev–Trinajstić information content (AvgIpc) is 2.39. The summed E-state index contributed by atoms with van der Waals surface area (Å²) in [6.45, 7) is 1.82. The van der Waals surface area contributed by atoms with Crippen LogP contribution in [0.1, 0.15) is 15.9 Å². The molecule has 3 N–H and O–H groups in total. The zero-order valence-electron chi connectivity index (χ0n) is 11.0. The van der Waals surface area contributed by atoms with Gasteiger partial charge in [-0.1, -0.05) is 11.6 Å². The maximum atomic E-state index is 12.0. The molecule has 21 heavy (non-hydrogen) atoms. The Bertz CT molecular complexity index is 806. The van der Waals surface area contributed by atoms with E-state index >= 15 is 0 Å². The highest BCUT2D eigenvalue weighted by molar-refractivity contribution is 7.89. The molecule has 0 unspecified atom stereocenters. The topological polar surface area (TPSA) is 102 Å². The molecule has 0 bridgehead atoms. The van der Waals surface area contributed by atoms with Crippen molar-refractivity contribution in [2.24, 2.45) is 5.14 Å². The number of amides is 1. The van der Waals surface area contributed by atoms with Crippen molar-refractivity contribution < 1.29 is 13.2 Å². The number of benzene rings is 1. The number of nitrogens with two attached hydrogens (primary N) is 1. The Balaban J connectivity index is 2.26. The summed E-state index contributed by atoms with van der Waals surface area (Å²) < 4.78 is 22.4. The van der Waals surface area contributed by atoms with Crippen LogP contribution in [0.4, 0.5) is 5.69 Å². The number of nitrogens with zero attached hydrogens (tertiary/aromatic N) is 1. The van der Waals surface area contributed by atoms with Crippen LogP contribution in [0.5, 0.6) is 0 Å². The van der Waals surface area contributed by atoms with E-state index in [1.54, 1.807) is 12.3 Å². The molecule has 110 valence electrons. The van der Waals surface area contributed by atoms with Crippen molar-refractivity contribution in [1.82, 2.24) is 4.98 Å². The lowest BCUT2D eigenvalue weighted by Crippen LogP contribution is -2.14. The number of hydrogen-bond acceptors (Lipinski definition) is 4. The molecule has 2 aromatic rings. The van der Waals surface area contributed by atoms with Gasteiger partial charge in [0.15, 0.2) is 0 Å². The summed E-state index contributed by atoms with van der Waals surface area (Å²) in [5.74, 6) is -0.392. The largest absolute Gasteiger partial charge is 0.321 e. The van der Waals surface area contributed by atoms with Crippen LogP contribution in [-0.4, -0.2) is 19.3 Å². The lowest BCUT2D eigenvalue weighted by Gasteiger charge is -2.08. The number of pyridine rings is 1. The minimum absolute atomic E-state index is 0.0792. The minimum Gasteiger partial charge on any atom is -0.321 e. The second-order valence-corrected chi connectivity index (χ2v) is 6.36. The first-order chi connectivity index (χ1) is 9.77. The summed E-state index contributed by atoms with van der Waals surface area (Å²) in [6, 6.07) is 5.50. The second-order valence-electron chi connectivity index (χ2n) is 4.39. The number of primary sulfonamides is 1. The first-order valence-corrected chi connectivity index (χ1v) is 7.75. The quantitative estimate of drug-likeness (QED) is 0.900. The number of carbonyl (C=O) groups is 1. The van der Waals surface area contributed by atoms with E-state index in [1.165, 1.54) is 24.4 Å². The number of anilines is 1. The smallest absolute Gasteiger partial charge is 0.257 e. The van der Waals surface area contributed by atoms with Crippen molar-refractivity contribution in [2.45, 2.75) is 11.8 Å². The molecule has 0 saturated carbocycles. The van der Waals surface area contributed by atoms with Crippen molar-refractivity contribution in [3.05, 3.63) is 52.8 Å². The molecule has 1 heterocycles. The van der Waals surface area contributed by atoms with Gasteiger partial charge in [-0.2, -0.15) is 0 Å². The minimum atomic E-state index is -3.84. The molecule has 6 nitrogen and oxygen atoms in total. The van der Waals surface area contributed by atoms with Gasteiger partial charge in [-0.25, -0.2) is 13.6 Å². The van der Waals surface area contributed by atoms with Gasteiger partial charge in [-0.05, 0) is 36.8 Å². The highest BCUT2D eigenvalue weighted by atomic mass is 35.5. The van der Waals surface area contributed by atoms with Gasteiger partial charge in [0, 0.05) is 12.4 Å². The van der Waals surface area contributed by atoms with Crippen LogP contribution in [0.2, 0.25) is 5.02 Å². The molecule has 0 aliphatic rings. The molecule has 0 spiro atoms. The van der Waals surface area contributed by atoms with Crippen LogP contribution >= 0.6 is 11.6 Å². The number of sulfonamides is 1. The van der Waals surface area contributed by atoms with Gasteiger partial charge in [0.1, 0.15) is 0 Å². The number of rotatable bonds is 3. The van der Waals surface area contributed by atoms with Gasteiger partial charge in [0.25, 0.3) is 5.91 Å². The standard InChI is InChI=1S/C13H12ClN3O3S/c1-8-4-9(7-16-6-8)13(18)17-12-3-2-10(5-11(12)14)21(15,19)20/h2-7H,1H3,(H,17,18)(H2,15,19,20). The van der Waals surface area contributed by atoms with Crippen molar-refractivity contribution in [3.8, 4) is 0 Å². The molecule has 1 aromatic heterocycles. The molecule has 0 atom stereocenters. The van der Waals surface area contributed by atoms with Gasteiger partial charge in [0.2, 0.25) is 10.0 Å². The maximum absolute atomic E-state index is 12.0.